The number of rotatable bonds is 2. The second-order valence-electron chi connectivity index (χ2n) is 6.62. The Morgan fingerprint density at radius 2 is 2.12 bits per heavy atom. The molecule has 1 aliphatic heterocycles. The molecule has 0 radical (unpaired) electrons. The van der Waals surface area contributed by atoms with Crippen molar-refractivity contribution in [2.24, 2.45) is 5.92 Å². The highest BCUT2D eigenvalue weighted by molar-refractivity contribution is 6.31. The molecule has 0 bridgehead atoms. The number of fused-ring (bicyclic) bond motifs is 1. The molecule has 1 atom stereocenters. The normalized spacial score (nSPS) is 18.3. The highest BCUT2D eigenvalue weighted by Crippen LogP contribution is 2.29. The van der Waals surface area contributed by atoms with Crippen LogP contribution in [0.5, 0.6) is 0 Å². The zero-order valence-corrected chi connectivity index (χ0v) is 14.7. The van der Waals surface area contributed by atoms with Crippen molar-refractivity contribution < 1.29 is 0 Å². The highest BCUT2D eigenvalue weighted by atomic mass is 35.5. The minimum absolute atomic E-state index is 0.690. The lowest BCUT2D eigenvalue weighted by Crippen LogP contribution is -2.34. The average Bonchev–Trinajstić information content (AvgIpc) is 3.01. The zero-order chi connectivity index (χ0) is 16.7. The molecule has 1 fully saturated rings. The molecule has 1 aromatic carbocycles. The fraction of sp³-hybridized carbons (Fsp3) is 0.389. The summed E-state index contributed by atoms with van der Waals surface area (Å²) in [5.74, 6) is 1.67. The molecule has 3 heterocycles. The monoisotopic (exact) mass is 341 g/mol. The van der Waals surface area contributed by atoms with Gasteiger partial charge >= 0.3 is 0 Å². The zero-order valence-electron chi connectivity index (χ0n) is 13.9. The van der Waals surface area contributed by atoms with Crippen LogP contribution in [-0.4, -0.2) is 32.8 Å². The van der Waals surface area contributed by atoms with Gasteiger partial charge in [-0.05, 0) is 43.4 Å². The van der Waals surface area contributed by atoms with Gasteiger partial charge in [0, 0.05) is 18.1 Å². The first-order chi connectivity index (χ1) is 11.6. The van der Waals surface area contributed by atoms with Crippen LogP contribution in [0.4, 0.5) is 5.82 Å². The van der Waals surface area contributed by atoms with Gasteiger partial charge in [-0.15, -0.1) is 0 Å². The molecule has 24 heavy (non-hydrogen) atoms. The van der Waals surface area contributed by atoms with Gasteiger partial charge in [0.25, 0.3) is 0 Å². The van der Waals surface area contributed by atoms with Gasteiger partial charge in [0.2, 0.25) is 0 Å². The van der Waals surface area contributed by atoms with Crippen LogP contribution in [0.25, 0.3) is 16.7 Å². The fourth-order valence-electron chi connectivity index (χ4n) is 3.37. The molecule has 1 aliphatic rings. The molecule has 0 saturated carbocycles. The quantitative estimate of drug-likeness (QED) is 0.706. The Balaban J connectivity index is 1.80. The maximum Gasteiger partial charge on any atom is 0.168 e. The van der Waals surface area contributed by atoms with E-state index in [1.165, 1.54) is 12.8 Å². The lowest BCUT2D eigenvalue weighted by Gasteiger charge is -2.31. The number of aromatic nitrogens is 4. The summed E-state index contributed by atoms with van der Waals surface area (Å²) in [6.45, 7) is 6.36. The Hall–Kier alpha value is -2.14. The van der Waals surface area contributed by atoms with Crippen molar-refractivity contribution in [1.29, 1.82) is 0 Å². The predicted octanol–water partition coefficient (Wildman–Crippen LogP) is 4.01. The predicted molar refractivity (Wildman–Crippen MR) is 97.0 cm³/mol. The summed E-state index contributed by atoms with van der Waals surface area (Å²) in [5, 5.41) is 6.26. The van der Waals surface area contributed by atoms with Crippen LogP contribution in [0.2, 0.25) is 5.02 Å². The number of benzene rings is 1. The van der Waals surface area contributed by atoms with Gasteiger partial charge in [-0.1, -0.05) is 24.6 Å². The number of anilines is 1. The van der Waals surface area contributed by atoms with E-state index < -0.39 is 0 Å². The molecular weight excluding hydrogens is 322 g/mol. The van der Waals surface area contributed by atoms with Crippen molar-refractivity contribution in [2.75, 3.05) is 18.0 Å². The molecule has 1 saturated heterocycles. The maximum atomic E-state index is 6.27. The van der Waals surface area contributed by atoms with Crippen molar-refractivity contribution in [3.05, 3.63) is 41.3 Å². The standard InChI is InChI=1S/C18H20ClN5/c1-12-4-3-7-23(10-12)17-15-9-22-24(18(15)21-11-20-17)14-6-5-13(2)16(19)8-14/h5-6,8-9,11-12H,3-4,7,10H2,1-2H3/t12-/m1/s1. The van der Waals surface area contributed by atoms with E-state index in [-0.39, 0.29) is 0 Å². The third kappa shape index (κ3) is 2.63. The third-order valence-electron chi connectivity index (χ3n) is 4.70. The van der Waals surface area contributed by atoms with Gasteiger partial charge in [0.1, 0.15) is 12.1 Å². The van der Waals surface area contributed by atoms with Crippen LogP contribution < -0.4 is 4.90 Å². The summed E-state index contributed by atoms with van der Waals surface area (Å²) in [4.78, 5) is 11.4. The van der Waals surface area contributed by atoms with Gasteiger partial charge in [0.15, 0.2) is 5.65 Å². The Bertz CT molecular complexity index is 888. The lowest BCUT2D eigenvalue weighted by molar-refractivity contribution is 0.445. The summed E-state index contributed by atoms with van der Waals surface area (Å²) < 4.78 is 1.83. The van der Waals surface area contributed by atoms with Crippen LogP contribution in [0.1, 0.15) is 25.3 Å². The van der Waals surface area contributed by atoms with Crippen LogP contribution >= 0.6 is 11.6 Å². The summed E-state index contributed by atoms with van der Waals surface area (Å²) in [7, 11) is 0. The molecule has 124 valence electrons. The van der Waals surface area contributed by atoms with Crippen molar-refractivity contribution in [2.45, 2.75) is 26.7 Å². The molecule has 0 aliphatic carbocycles. The SMILES string of the molecule is Cc1ccc(-n2ncc3c(N4CCC[C@@H](C)C4)ncnc32)cc1Cl. The highest BCUT2D eigenvalue weighted by Gasteiger charge is 2.21. The molecule has 6 heteroatoms. The van der Waals surface area contributed by atoms with Crippen LogP contribution in [0.15, 0.2) is 30.7 Å². The van der Waals surface area contributed by atoms with Crippen LogP contribution in [-0.2, 0) is 0 Å². The van der Waals surface area contributed by atoms with Gasteiger partial charge in [-0.3, -0.25) is 0 Å². The van der Waals surface area contributed by atoms with E-state index in [0.29, 0.717) is 5.92 Å². The Labute approximate surface area is 146 Å². The van der Waals surface area contributed by atoms with E-state index >= 15 is 0 Å². The molecule has 2 aromatic heterocycles. The number of aryl methyl sites for hydroxylation is 1. The van der Waals surface area contributed by atoms with E-state index in [1.54, 1.807) is 6.33 Å². The van der Waals surface area contributed by atoms with Gasteiger partial charge in [0.05, 0.1) is 17.3 Å². The second-order valence-corrected chi connectivity index (χ2v) is 7.03. The molecule has 0 spiro atoms. The molecule has 3 aromatic rings. The first-order valence-corrected chi connectivity index (χ1v) is 8.71. The minimum atomic E-state index is 0.690. The van der Waals surface area contributed by atoms with E-state index in [0.717, 1.165) is 46.2 Å². The number of hydrogen-bond donors (Lipinski definition) is 0. The van der Waals surface area contributed by atoms with Crippen molar-refractivity contribution >= 4 is 28.5 Å². The van der Waals surface area contributed by atoms with E-state index in [9.17, 15) is 0 Å². The summed E-state index contributed by atoms with van der Waals surface area (Å²) in [6.07, 6.45) is 5.98. The van der Waals surface area contributed by atoms with Gasteiger partial charge in [-0.2, -0.15) is 5.10 Å². The molecule has 5 nitrogen and oxygen atoms in total. The largest absolute Gasteiger partial charge is 0.356 e. The molecule has 4 rings (SSSR count). The fourth-order valence-corrected chi connectivity index (χ4v) is 3.54. The Morgan fingerprint density at radius 1 is 1.25 bits per heavy atom. The number of nitrogens with zero attached hydrogens (tertiary/aromatic N) is 5. The topological polar surface area (TPSA) is 46.8 Å². The van der Waals surface area contributed by atoms with Crippen molar-refractivity contribution in [3.63, 3.8) is 0 Å². The maximum absolute atomic E-state index is 6.27. The van der Waals surface area contributed by atoms with E-state index in [2.05, 4.69) is 26.9 Å². The Morgan fingerprint density at radius 3 is 2.92 bits per heavy atom. The molecule has 0 N–H and O–H groups in total. The first kappa shape index (κ1) is 15.4. The van der Waals surface area contributed by atoms with Crippen molar-refractivity contribution in [3.8, 4) is 5.69 Å². The molecule has 0 amide bonds. The van der Waals surface area contributed by atoms with E-state index in [4.69, 9.17) is 11.6 Å². The molecular formula is C18H20ClN5. The molecule has 0 unspecified atom stereocenters. The van der Waals surface area contributed by atoms with Crippen LogP contribution in [0, 0.1) is 12.8 Å². The second kappa shape index (κ2) is 6.06. The average molecular weight is 342 g/mol. The van der Waals surface area contributed by atoms with Crippen molar-refractivity contribution in [1.82, 2.24) is 19.7 Å². The number of halogens is 1. The summed E-state index contributed by atoms with van der Waals surface area (Å²) >= 11 is 6.27. The smallest absolute Gasteiger partial charge is 0.168 e. The van der Waals surface area contributed by atoms with Gasteiger partial charge < -0.3 is 4.90 Å². The first-order valence-electron chi connectivity index (χ1n) is 8.33. The third-order valence-corrected chi connectivity index (χ3v) is 5.11. The number of hydrogen-bond acceptors (Lipinski definition) is 4. The number of piperidine rings is 1. The summed E-state index contributed by atoms with van der Waals surface area (Å²) in [6, 6.07) is 5.94. The lowest BCUT2D eigenvalue weighted by atomic mass is 10.0. The van der Waals surface area contributed by atoms with Crippen LogP contribution in [0.3, 0.4) is 0 Å². The Kier molecular flexibility index (Phi) is 3.88. The van der Waals surface area contributed by atoms with E-state index in [1.807, 2.05) is 36.0 Å². The summed E-state index contributed by atoms with van der Waals surface area (Å²) in [5.41, 5.74) is 2.78. The minimum Gasteiger partial charge on any atom is -0.356 e. The van der Waals surface area contributed by atoms with Gasteiger partial charge in [-0.25, -0.2) is 14.6 Å².